The van der Waals surface area contributed by atoms with Crippen LogP contribution in [0.4, 0.5) is 5.69 Å². The molecule has 0 bridgehead atoms. The zero-order chi connectivity index (χ0) is 21.9. The SMILES string of the molecule is N#Cc1ccc2c3c([nH]c2c1)C1(CCOCC1)c1cc(N2CCNCC2)c(Br)cc1C3=O. The number of anilines is 1. The molecule has 2 fully saturated rings. The number of nitrogens with zero attached hydrogens (tertiary/aromatic N) is 2. The maximum absolute atomic E-state index is 13.8. The third kappa shape index (κ3) is 2.80. The monoisotopic (exact) mass is 490 g/mol. The molecule has 162 valence electrons. The van der Waals surface area contributed by atoms with Crippen LogP contribution in [0, 0.1) is 11.3 Å². The van der Waals surface area contributed by atoms with Crippen LogP contribution >= 0.6 is 15.9 Å². The zero-order valence-corrected chi connectivity index (χ0v) is 19.2. The van der Waals surface area contributed by atoms with Crippen LogP contribution < -0.4 is 10.2 Å². The van der Waals surface area contributed by atoms with E-state index in [2.05, 4.69) is 43.3 Å². The molecule has 32 heavy (non-hydrogen) atoms. The maximum Gasteiger partial charge on any atom is 0.195 e. The molecular formula is C25H23BrN4O2. The van der Waals surface area contributed by atoms with E-state index < -0.39 is 0 Å². The molecule has 3 heterocycles. The normalized spacial score (nSPS) is 19.6. The second-order valence-electron chi connectivity index (χ2n) is 8.86. The molecule has 2 N–H and O–H groups in total. The Hall–Kier alpha value is -2.66. The van der Waals surface area contributed by atoms with E-state index >= 15 is 0 Å². The minimum atomic E-state index is -0.299. The summed E-state index contributed by atoms with van der Waals surface area (Å²) in [6, 6.07) is 12.0. The van der Waals surface area contributed by atoms with Crippen molar-refractivity contribution in [1.82, 2.24) is 10.3 Å². The average molecular weight is 491 g/mol. The van der Waals surface area contributed by atoms with Gasteiger partial charge in [-0.1, -0.05) is 6.07 Å². The lowest BCUT2D eigenvalue weighted by molar-refractivity contribution is 0.0602. The van der Waals surface area contributed by atoms with Crippen molar-refractivity contribution in [3.63, 3.8) is 0 Å². The predicted molar refractivity (Wildman–Crippen MR) is 127 cm³/mol. The van der Waals surface area contributed by atoms with E-state index in [1.165, 1.54) is 0 Å². The van der Waals surface area contributed by atoms with Gasteiger partial charge in [-0.25, -0.2) is 0 Å². The smallest absolute Gasteiger partial charge is 0.195 e. The number of rotatable bonds is 1. The molecule has 7 heteroatoms. The first-order valence-electron chi connectivity index (χ1n) is 11.1. The highest BCUT2D eigenvalue weighted by Crippen LogP contribution is 2.51. The topological polar surface area (TPSA) is 81.2 Å². The van der Waals surface area contributed by atoms with Crippen LogP contribution in [0.1, 0.15) is 45.6 Å². The second kappa shape index (κ2) is 7.45. The third-order valence-corrected chi connectivity index (χ3v) is 7.92. The molecule has 0 amide bonds. The lowest BCUT2D eigenvalue weighted by Gasteiger charge is -2.42. The van der Waals surface area contributed by atoms with Crippen LogP contribution in [-0.4, -0.2) is 50.2 Å². The van der Waals surface area contributed by atoms with Crippen LogP contribution in [0.25, 0.3) is 10.9 Å². The van der Waals surface area contributed by atoms with E-state index in [0.717, 1.165) is 82.5 Å². The highest BCUT2D eigenvalue weighted by atomic mass is 79.9. The molecule has 6 nitrogen and oxygen atoms in total. The first kappa shape index (κ1) is 20.0. The average Bonchev–Trinajstić information content (AvgIpc) is 3.23. The first-order chi connectivity index (χ1) is 15.6. The Labute approximate surface area is 194 Å². The number of hydrogen-bond acceptors (Lipinski definition) is 5. The summed E-state index contributed by atoms with van der Waals surface area (Å²) in [5, 5.41) is 13.7. The molecule has 3 aromatic rings. The largest absolute Gasteiger partial charge is 0.381 e. The van der Waals surface area contributed by atoms with Gasteiger partial charge in [0.1, 0.15) is 0 Å². The quantitative estimate of drug-likeness (QED) is 0.541. The van der Waals surface area contributed by atoms with Gasteiger partial charge in [0.2, 0.25) is 0 Å². The summed E-state index contributed by atoms with van der Waals surface area (Å²) in [6.07, 6.45) is 1.64. The summed E-state index contributed by atoms with van der Waals surface area (Å²) in [7, 11) is 0. The van der Waals surface area contributed by atoms with Gasteiger partial charge < -0.3 is 19.9 Å². The van der Waals surface area contributed by atoms with Crippen LogP contribution in [0.15, 0.2) is 34.8 Å². The zero-order valence-electron chi connectivity index (χ0n) is 17.6. The van der Waals surface area contributed by atoms with Gasteiger partial charge in [-0.15, -0.1) is 0 Å². The number of piperazine rings is 1. The molecule has 1 aromatic heterocycles. The number of nitriles is 1. The molecule has 1 aliphatic carbocycles. The fourth-order valence-electron chi connectivity index (χ4n) is 5.66. The van der Waals surface area contributed by atoms with Crippen molar-refractivity contribution < 1.29 is 9.53 Å². The molecular weight excluding hydrogens is 468 g/mol. The predicted octanol–water partition coefficient (Wildman–Crippen LogP) is 3.85. The minimum Gasteiger partial charge on any atom is -0.381 e. The Morgan fingerprint density at radius 1 is 1.12 bits per heavy atom. The van der Waals surface area contributed by atoms with Crippen LogP contribution in [0.5, 0.6) is 0 Å². The number of ketones is 1. The molecule has 2 saturated heterocycles. The fourth-order valence-corrected chi connectivity index (χ4v) is 6.26. The van der Waals surface area contributed by atoms with Crippen molar-refractivity contribution in [2.45, 2.75) is 18.3 Å². The number of halogens is 1. The molecule has 2 aromatic carbocycles. The fraction of sp³-hybridized carbons (Fsp3) is 0.360. The number of H-pyrrole nitrogens is 1. The van der Waals surface area contributed by atoms with E-state index in [1.807, 2.05) is 18.2 Å². The number of carbonyl (C=O) groups excluding carboxylic acids is 1. The van der Waals surface area contributed by atoms with Crippen molar-refractivity contribution in [3.05, 3.63) is 62.8 Å². The molecule has 0 unspecified atom stereocenters. The minimum absolute atomic E-state index is 0.0515. The van der Waals surface area contributed by atoms with Gasteiger partial charge in [0.05, 0.1) is 22.9 Å². The Kier molecular flexibility index (Phi) is 4.65. The van der Waals surface area contributed by atoms with E-state index in [-0.39, 0.29) is 11.2 Å². The van der Waals surface area contributed by atoms with Crippen molar-refractivity contribution in [3.8, 4) is 6.07 Å². The summed E-state index contributed by atoms with van der Waals surface area (Å²) in [5.74, 6) is 0.0515. The number of aromatic nitrogens is 1. The Bertz CT molecular complexity index is 1290. The highest BCUT2D eigenvalue weighted by molar-refractivity contribution is 9.10. The van der Waals surface area contributed by atoms with E-state index in [9.17, 15) is 10.1 Å². The van der Waals surface area contributed by atoms with E-state index in [4.69, 9.17) is 4.74 Å². The first-order valence-corrected chi connectivity index (χ1v) is 11.9. The Morgan fingerprint density at radius 3 is 2.66 bits per heavy atom. The van der Waals surface area contributed by atoms with Crippen LogP contribution in [-0.2, 0) is 10.2 Å². The van der Waals surface area contributed by atoms with E-state index in [0.29, 0.717) is 18.8 Å². The van der Waals surface area contributed by atoms with Gasteiger partial charge in [0.15, 0.2) is 5.78 Å². The molecule has 3 aliphatic rings. The number of benzene rings is 2. The van der Waals surface area contributed by atoms with Crippen molar-refractivity contribution in [2.75, 3.05) is 44.3 Å². The van der Waals surface area contributed by atoms with Crippen LogP contribution in [0.3, 0.4) is 0 Å². The third-order valence-electron chi connectivity index (χ3n) is 7.28. The maximum atomic E-state index is 13.8. The molecule has 2 aliphatic heterocycles. The van der Waals surface area contributed by atoms with Crippen LogP contribution in [0.2, 0.25) is 0 Å². The lowest BCUT2D eigenvalue weighted by atomic mass is 9.64. The number of hydrogen-bond donors (Lipinski definition) is 2. The number of nitrogens with one attached hydrogen (secondary N) is 2. The van der Waals surface area contributed by atoms with Gasteiger partial charge in [-0.05, 0) is 58.6 Å². The molecule has 0 saturated carbocycles. The lowest BCUT2D eigenvalue weighted by Crippen LogP contribution is -2.44. The second-order valence-corrected chi connectivity index (χ2v) is 9.71. The Balaban J connectivity index is 1.61. The number of fused-ring (bicyclic) bond motifs is 6. The van der Waals surface area contributed by atoms with Gasteiger partial charge in [0, 0.05) is 71.4 Å². The molecule has 0 radical (unpaired) electrons. The summed E-state index contributed by atoms with van der Waals surface area (Å²) < 4.78 is 6.73. The summed E-state index contributed by atoms with van der Waals surface area (Å²) in [6.45, 7) is 5.10. The van der Waals surface area contributed by atoms with Crippen molar-refractivity contribution in [2.24, 2.45) is 0 Å². The molecule has 1 spiro atoms. The van der Waals surface area contributed by atoms with E-state index in [1.54, 1.807) is 6.07 Å². The Morgan fingerprint density at radius 2 is 1.91 bits per heavy atom. The number of aromatic amines is 1. The standard InChI is InChI=1S/C25H23BrN4O2/c26-19-12-17-18(13-21(19)30-7-5-28-6-8-30)25(3-9-32-10-4-25)24-22(23(17)31)16-2-1-15(14-27)11-20(16)29-24/h1-2,11-13,28-29H,3-10H2. The number of ether oxygens (including phenoxy) is 1. The van der Waals surface area contributed by atoms with Gasteiger partial charge in [-0.2, -0.15) is 5.26 Å². The van der Waals surface area contributed by atoms with Gasteiger partial charge >= 0.3 is 0 Å². The van der Waals surface area contributed by atoms with Crippen molar-refractivity contribution in [1.29, 1.82) is 5.26 Å². The van der Waals surface area contributed by atoms with Gasteiger partial charge in [0.25, 0.3) is 0 Å². The summed E-state index contributed by atoms with van der Waals surface area (Å²) >= 11 is 3.77. The summed E-state index contributed by atoms with van der Waals surface area (Å²) in [4.78, 5) is 19.8. The number of carbonyl (C=O) groups is 1. The van der Waals surface area contributed by atoms with Gasteiger partial charge in [-0.3, -0.25) is 4.79 Å². The van der Waals surface area contributed by atoms with Crippen molar-refractivity contribution >= 4 is 38.3 Å². The summed E-state index contributed by atoms with van der Waals surface area (Å²) in [5.41, 5.74) is 5.89. The molecule has 6 rings (SSSR count). The highest BCUT2D eigenvalue weighted by Gasteiger charge is 2.47. The molecule has 0 atom stereocenters.